The first-order valence-corrected chi connectivity index (χ1v) is 12.2. The van der Waals surface area contributed by atoms with Gasteiger partial charge < -0.3 is 14.4 Å². The molecule has 2 heterocycles. The molecule has 1 fully saturated rings. The first-order chi connectivity index (χ1) is 17.3. The van der Waals surface area contributed by atoms with Crippen LogP contribution in [-0.2, 0) is 16.0 Å². The molecular formula is C23H21BrClN5O6. The Morgan fingerprint density at radius 3 is 2.78 bits per heavy atom. The van der Waals surface area contributed by atoms with Gasteiger partial charge >= 0.3 is 5.69 Å². The number of benzene rings is 2. The number of nitrogens with zero attached hydrogens (tertiary/aromatic N) is 5. The van der Waals surface area contributed by atoms with Crippen LogP contribution in [0, 0.1) is 10.1 Å². The zero-order chi connectivity index (χ0) is 25.8. The van der Waals surface area contributed by atoms with Gasteiger partial charge in [0.05, 0.1) is 40.3 Å². The molecule has 11 nitrogen and oxygen atoms in total. The third-order valence-corrected chi connectivity index (χ3v) is 6.23. The highest BCUT2D eigenvalue weighted by molar-refractivity contribution is 9.10. The number of hydrogen-bond acceptors (Lipinski definition) is 8. The summed E-state index contributed by atoms with van der Waals surface area (Å²) in [6.45, 7) is 3.13. The molecule has 0 radical (unpaired) electrons. The number of aryl methyl sites for hydroxylation is 1. The lowest BCUT2D eigenvalue weighted by atomic mass is 10.2. The minimum Gasteiger partial charge on any atom is -0.476 e. The fourth-order valence-corrected chi connectivity index (χ4v) is 4.30. The van der Waals surface area contributed by atoms with E-state index in [0.29, 0.717) is 49.5 Å². The zero-order valence-corrected chi connectivity index (χ0v) is 21.5. The van der Waals surface area contributed by atoms with Crippen LogP contribution in [0.2, 0.25) is 5.02 Å². The van der Waals surface area contributed by atoms with E-state index < -0.39 is 17.2 Å². The van der Waals surface area contributed by atoms with E-state index in [9.17, 15) is 19.7 Å². The number of carbonyl (C=O) groups excluding carboxylic acids is 1. The first-order valence-electron chi connectivity index (χ1n) is 11.0. The average Bonchev–Trinajstić information content (AvgIpc) is 2.87. The Morgan fingerprint density at radius 2 is 2.08 bits per heavy atom. The Labute approximate surface area is 218 Å². The largest absolute Gasteiger partial charge is 0.476 e. The van der Waals surface area contributed by atoms with Crippen LogP contribution in [-0.4, -0.2) is 64.5 Å². The third kappa shape index (κ3) is 5.55. The van der Waals surface area contributed by atoms with Crippen LogP contribution >= 0.6 is 27.5 Å². The van der Waals surface area contributed by atoms with E-state index in [2.05, 4.69) is 26.0 Å². The molecular weight excluding hydrogens is 558 g/mol. The zero-order valence-electron chi connectivity index (χ0n) is 19.1. The number of morpholine rings is 1. The van der Waals surface area contributed by atoms with Crippen molar-refractivity contribution >= 4 is 56.2 Å². The van der Waals surface area contributed by atoms with Gasteiger partial charge in [0.15, 0.2) is 6.61 Å². The number of nitro benzene ring substituents is 1. The number of amides is 1. The van der Waals surface area contributed by atoms with Gasteiger partial charge in [-0.15, -0.1) is 0 Å². The van der Waals surface area contributed by atoms with Crippen molar-refractivity contribution in [1.82, 2.24) is 14.6 Å². The quantitative estimate of drug-likeness (QED) is 0.239. The highest BCUT2D eigenvalue weighted by Crippen LogP contribution is 2.36. The minimum absolute atomic E-state index is 0.0657. The molecule has 36 heavy (non-hydrogen) atoms. The monoisotopic (exact) mass is 577 g/mol. The molecule has 2 aromatic carbocycles. The van der Waals surface area contributed by atoms with Crippen molar-refractivity contribution in [2.24, 2.45) is 5.10 Å². The average molecular weight is 579 g/mol. The highest BCUT2D eigenvalue weighted by Gasteiger charge is 2.23. The lowest BCUT2D eigenvalue weighted by molar-refractivity contribution is -0.385. The summed E-state index contributed by atoms with van der Waals surface area (Å²) in [7, 11) is 0. The van der Waals surface area contributed by atoms with Crippen LogP contribution in [0.5, 0.6) is 5.75 Å². The molecule has 3 aromatic rings. The molecule has 188 valence electrons. The predicted molar refractivity (Wildman–Crippen MR) is 137 cm³/mol. The van der Waals surface area contributed by atoms with Crippen LogP contribution in [0.1, 0.15) is 18.3 Å². The summed E-state index contributed by atoms with van der Waals surface area (Å²) in [5.41, 5.74) is -0.000843. The second kappa shape index (κ2) is 11.1. The summed E-state index contributed by atoms with van der Waals surface area (Å²) in [6.07, 6.45) is 1.72. The smallest absolute Gasteiger partial charge is 0.313 e. The number of nitro groups is 1. The van der Waals surface area contributed by atoms with Crippen LogP contribution in [0.25, 0.3) is 10.9 Å². The van der Waals surface area contributed by atoms with E-state index >= 15 is 0 Å². The van der Waals surface area contributed by atoms with E-state index in [1.165, 1.54) is 18.3 Å². The summed E-state index contributed by atoms with van der Waals surface area (Å²) >= 11 is 9.64. The lowest BCUT2D eigenvalue weighted by Gasteiger charge is -2.26. The predicted octanol–water partition coefficient (Wildman–Crippen LogP) is 3.40. The Balaban J connectivity index is 1.63. The normalized spacial score (nSPS) is 13.9. The molecule has 0 N–H and O–H groups in total. The van der Waals surface area contributed by atoms with Crippen LogP contribution in [0.4, 0.5) is 5.69 Å². The number of ether oxygens (including phenoxy) is 2. The van der Waals surface area contributed by atoms with Crippen molar-refractivity contribution in [3.05, 3.63) is 71.7 Å². The van der Waals surface area contributed by atoms with Gasteiger partial charge in [-0.1, -0.05) is 34.5 Å². The van der Waals surface area contributed by atoms with E-state index in [-0.39, 0.29) is 27.8 Å². The summed E-state index contributed by atoms with van der Waals surface area (Å²) in [5, 5.41) is 16.3. The molecule has 0 saturated carbocycles. The van der Waals surface area contributed by atoms with Crippen molar-refractivity contribution in [3.63, 3.8) is 0 Å². The Bertz CT molecular complexity index is 1420. The first kappa shape index (κ1) is 25.7. The molecule has 1 aliphatic heterocycles. The topological polar surface area (TPSA) is 129 Å². The molecule has 1 aliphatic rings. The van der Waals surface area contributed by atoms with Gasteiger partial charge in [-0.25, -0.2) is 4.98 Å². The standard InChI is InChI=1S/C23H21BrClN5O6/c1-2-20-27-18-4-3-15(24)11-16(18)23(32)29(20)26-12-14-9-17(25)22(19(10-14)30(33)34)36-13-21(31)28-5-7-35-8-6-28/h3-4,9-12H,2,5-8,13H2,1H3. The summed E-state index contributed by atoms with van der Waals surface area (Å²) in [6, 6.07) is 7.81. The van der Waals surface area contributed by atoms with E-state index in [4.69, 9.17) is 21.1 Å². The molecule has 0 spiro atoms. The van der Waals surface area contributed by atoms with E-state index in [0.717, 1.165) is 9.15 Å². The molecule has 0 atom stereocenters. The minimum atomic E-state index is -0.656. The van der Waals surface area contributed by atoms with Crippen molar-refractivity contribution in [2.45, 2.75) is 13.3 Å². The Kier molecular flexibility index (Phi) is 7.97. The second-order valence-corrected chi connectivity index (χ2v) is 9.12. The van der Waals surface area contributed by atoms with Crippen LogP contribution in [0.15, 0.2) is 44.7 Å². The number of aromatic nitrogens is 2. The number of fused-ring (bicyclic) bond motifs is 1. The summed E-state index contributed by atoms with van der Waals surface area (Å²) in [5.74, 6) is -0.117. The van der Waals surface area contributed by atoms with Gasteiger partial charge in [-0.2, -0.15) is 9.78 Å². The molecule has 0 bridgehead atoms. The molecule has 0 unspecified atom stereocenters. The molecule has 13 heteroatoms. The van der Waals surface area contributed by atoms with Crippen molar-refractivity contribution in [1.29, 1.82) is 0 Å². The van der Waals surface area contributed by atoms with Gasteiger partial charge in [-0.3, -0.25) is 19.7 Å². The van der Waals surface area contributed by atoms with Gasteiger partial charge in [0.2, 0.25) is 5.75 Å². The Hall–Kier alpha value is -3.35. The number of rotatable bonds is 7. The SMILES string of the molecule is CCc1nc2ccc(Br)cc2c(=O)n1N=Cc1cc(Cl)c(OCC(=O)N2CCOCC2)c([N+](=O)[O-])c1. The van der Waals surface area contributed by atoms with Crippen molar-refractivity contribution in [2.75, 3.05) is 32.9 Å². The van der Waals surface area contributed by atoms with E-state index in [1.807, 2.05) is 6.92 Å². The van der Waals surface area contributed by atoms with E-state index in [1.54, 1.807) is 23.1 Å². The maximum absolute atomic E-state index is 13.0. The third-order valence-electron chi connectivity index (χ3n) is 5.46. The van der Waals surface area contributed by atoms with Gasteiger partial charge in [0, 0.05) is 35.6 Å². The van der Waals surface area contributed by atoms with Crippen LogP contribution < -0.4 is 10.3 Å². The molecule has 4 rings (SSSR count). The Morgan fingerprint density at radius 1 is 1.33 bits per heavy atom. The fourth-order valence-electron chi connectivity index (χ4n) is 3.66. The molecule has 1 aromatic heterocycles. The number of hydrogen-bond donors (Lipinski definition) is 0. The maximum Gasteiger partial charge on any atom is 0.313 e. The van der Waals surface area contributed by atoms with Gasteiger partial charge in [0.1, 0.15) is 5.82 Å². The molecule has 1 amide bonds. The fraction of sp³-hybridized carbons (Fsp3) is 0.304. The van der Waals surface area contributed by atoms with Crippen molar-refractivity contribution < 1.29 is 19.2 Å². The van der Waals surface area contributed by atoms with Gasteiger partial charge in [-0.05, 0) is 24.3 Å². The summed E-state index contributed by atoms with van der Waals surface area (Å²) < 4.78 is 12.5. The number of carbonyl (C=O) groups is 1. The van der Waals surface area contributed by atoms with Crippen molar-refractivity contribution in [3.8, 4) is 5.75 Å². The van der Waals surface area contributed by atoms with Gasteiger partial charge in [0.25, 0.3) is 11.5 Å². The molecule has 0 aliphatic carbocycles. The maximum atomic E-state index is 13.0. The summed E-state index contributed by atoms with van der Waals surface area (Å²) in [4.78, 5) is 42.5. The second-order valence-electron chi connectivity index (χ2n) is 7.79. The number of halogens is 2. The highest BCUT2D eigenvalue weighted by atomic mass is 79.9. The lowest BCUT2D eigenvalue weighted by Crippen LogP contribution is -2.43. The molecule has 1 saturated heterocycles. The van der Waals surface area contributed by atoms with Crippen LogP contribution in [0.3, 0.4) is 0 Å².